The lowest BCUT2D eigenvalue weighted by atomic mass is 9.99. The number of hydrogen-bond donors (Lipinski definition) is 1. The highest BCUT2D eigenvalue weighted by Crippen LogP contribution is 2.34. The average Bonchev–Trinajstić information content (AvgIpc) is 3.01. The zero-order valence-corrected chi connectivity index (χ0v) is 17.6. The standard InChI is InChI=1S/C23H21F3N4O3/c24-23(25,26)15-5-6-19-14(10-15)11-16(12-33-19)28-22(31)21-20(17-4-1-2-7-27-17)18-13-32-9-3-8-30(18)29-21/h1-2,4-7,10,16H,3,8-9,11-13H2,(H,28,31)/t16-/m1/s1. The van der Waals surface area contributed by atoms with Gasteiger partial charge in [0.05, 0.1) is 35.2 Å². The number of aromatic nitrogens is 3. The fourth-order valence-corrected chi connectivity index (χ4v) is 4.17. The molecule has 0 saturated heterocycles. The lowest BCUT2D eigenvalue weighted by Gasteiger charge is -2.26. The van der Waals surface area contributed by atoms with Crippen molar-refractivity contribution in [2.45, 2.75) is 38.2 Å². The van der Waals surface area contributed by atoms with Crippen LogP contribution in [0.2, 0.25) is 0 Å². The van der Waals surface area contributed by atoms with Gasteiger partial charge in [0.2, 0.25) is 0 Å². The smallest absolute Gasteiger partial charge is 0.416 e. The molecule has 2 aromatic heterocycles. The van der Waals surface area contributed by atoms with Crippen molar-refractivity contribution in [3.63, 3.8) is 0 Å². The molecule has 2 aliphatic heterocycles. The summed E-state index contributed by atoms with van der Waals surface area (Å²) in [4.78, 5) is 17.7. The fraction of sp³-hybridized carbons (Fsp3) is 0.348. The van der Waals surface area contributed by atoms with Crippen LogP contribution >= 0.6 is 0 Å². The van der Waals surface area contributed by atoms with E-state index in [1.54, 1.807) is 23.0 Å². The molecule has 7 nitrogen and oxygen atoms in total. The Labute approximate surface area is 187 Å². The van der Waals surface area contributed by atoms with Crippen molar-refractivity contribution in [3.05, 3.63) is 65.1 Å². The van der Waals surface area contributed by atoms with Crippen LogP contribution in [0.3, 0.4) is 0 Å². The lowest BCUT2D eigenvalue weighted by Crippen LogP contribution is -2.43. The van der Waals surface area contributed by atoms with Crippen LogP contribution in [0, 0.1) is 0 Å². The normalized spacial score (nSPS) is 18.0. The van der Waals surface area contributed by atoms with Crippen LogP contribution in [0.25, 0.3) is 11.3 Å². The van der Waals surface area contributed by atoms with E-state index >= 15 is 0 Å². The van der Waals surface area contributed by atoms with Crippen LogP contribution < -0.4 is 10.1 Å². The molecule has 3 aromatic rings. The van der Waals surface area contributed by atoms with E-state index in [9.17, 15) is 18.0 Å². The van der Waals surface area contributed by atoms with Crippen LogP contribution in [0.1, 0.15) is 33.7 Å². The predicted octanol–water partition coefficient (Wildman–Crippen LogP) is 3.62. The van der Waals surface area contributed by atoms with Gasteiger partial charge in [0.15, 0.2) is 5.69 Å². The molecule has 0 fully saturated rings. The molecule has 33 heavy (non-hydrogen) atoms. The molecule has 5 rings (SSSR count). The molecule has 0 bridgehead atoms. The summed E-state index contributed by atoms with van der Waals surface area (Å²) in [6.45, 7) is 1.68. The van der Waals surface area contributed by atoms with Crippen molar-refractivity contribution in [2.75, 3.05) is 13.2 Å². The van der Waals surface area contributed by atoms with E-state index < -0.39 is 23.7 Å². The van der Waals surface area contributed by atoms with Crippen LogP contribution in [0.4, 0.5) is 13.2 Å². The molecule has 0 unspecified atom stereocenters. The van der Waals surface area contributed by atoms with Crippen LogP contribution in [-0.2, 0) is 30.5 Å². The number of carbonyl (C=O) groups excluding carboxylic acids is 1. The first-order valence-electron chi connectivity index (χ1n) is 10.6. The predicted molar refractivity (Wildman–Crippen MR) is 112 cm³/mol. The van der Waals surface area contributed by atoms with Gasteiger partial charge in [-0.2, -0.15) is 18.3 Å². The summed E-state index contributed by atoms with van der Waals surface area (Å²) < 4.78 is 52.3. The number of nitrogens with zero attached hydrogens (tertiary/aromatic N) is 3. The summed E-state index contributed by atoms with van der Waals surface area (Å²) in [5.74, 6) is -0.0335. The maximum atomic E-state index is 13.3. The van der Waals surface area contributed by atoms with Gasteiger partial charge in [-0.05, 0) is 48.7 Å². The molecule has 1 amide bonds. The molecule has 0 spiro atoms. The number of aryl methyl sites for hydroxylation is 1. The van der Waals surface area contributed by atoms with E-state index in [-0.39, 0.29) is 18.7 Å². The summed E-state index contributed by atoms with van der Waals surface area (Å²) in [5, 5.41) is 7.42. The number of hydrogen-bond acceptors (Lipinski definition) is 5. The zero-order chi connectivity index (χ0) is 23.0. The number of pyridine rings is 1. The largest absolute Gasteiger partial charge is 0.491 e. The van der Waals surface area contributed by atoms with E-state index in [1.807, 2.05) is 6.07 Å². The van der Waals surface area contributed by atoms with Gasteiger partial charge < -0.3 is 14.8 Å². The van der Waals surface area contributed by atoms with Crippen LogP contribution in [0.5, 0.6) is 5.75 Å². The van der Waals surface area contributed by atoms with Gasteiger partial charge >= 0.3 is 6.18 Å². The van der Waals surface area contributed by atoms with Gasteiger partial charge in [-0.1, -0.05) is 6.07 Å². The Bertz CT molecular complexity index is 1180. The van der Waals surface area contributed by atoms with Gasteiger partial charge in [0.1, 0.15) is 12.4 Å². The van der Waals surface area contributed by atoms with Gasteiger partial charge in [0, 0.05) is 19.3 Å². The number of ether oxygens (including phenoxy) is 2. The molecule has 2 aliphatic rings. The van der Waals surface area contributed by atoms with Gasteiger partial charge in [-0.15, -0.1) is 0 Å². The molecule has 0 aliphatic carbocycles. The Balaban J connectivity index is 1.42. The van der Waals surface area contributed by atoms with Crippen molar-refractivity contribution < 1.29 is 27.4 Å². The highest BCUT2D eigenvalue weighted by Gasteiger charge is 2.33. The number of carbonyl (C=O) groups is 1. The van der Waals surface area contributed by atoms with Crippen LogP contribution in [-0.4, -0.2) is 39.9 Å². The number of benzene rings is 1. The third kappa shape index (κ3) is 4.30. The van der Waals surface area contributed by atoms with Crippen molar-refractivity contribution in [1.82, 2.24) is 20.1 Å². The molecular formula is C23H21F3N4O3. The zero-order valence-electron chi connectivity index (χ0n) is 17.6. The maximum Gasteiger partial charge on any atom is 0.416 e. The fourth-order valence-electron chi connectivity index (χ4n) is 4.17. The summed E-state index contributed by atoms with van der Waals surface area (Å²) in [5.41, 5.74) is 1.86. The number of rotatable bonds is 3. The van der Waals surface area contributed by atoms with Crippen molar-refractivity contribution in [2.24, 2.45) is 0 Å². The monoisotopic (exact) mass is 458 g/mol. The summed E-state index contributed by atoms with van der Waals surface area (Å²) in [7, 11) is 0. The molecule has 10 heteroatoms. The van der Waals surface area contributed by atoms with Crippen LogP contribution in [0.15, 0.2) is 42.6 Å². The second kappa shape index (κ2) is 8.51. The Morgan fingerprint density at radius 1 is 1.21 bits per heavy atom. The van der Waals surface area contributed by atoms with E-state index in [1.165, 1.54) is 6.07 Å². The maximum absolute atomic E-state index is 13.3. The summed E-state index contributed by atoms with van der Waals surface area (Å²) in [6.07, 6.45) is -1.81. The molecule has 0 radical (unpaired) electrons. The minimum absolute atomic E-state index is 0.152. The molecular weight excluding hydrogens is 437 g/mol. The Morgan fingerprint density at radius 2 is 2.09 bits per heavy atom. The highest BCUT2D eigenvalue weighted by atomic mass is 19.4. The second-order valence-electron chi connectivity index (χ2n) is 8.02. The first-order valence-corrected chi connectivity index (χ1v) is 10.6. The van der Waals surface area contributed by atoms with Gasteiger partial charge in [-0.25, -0.2) is 0 Å². The van der Waals surface area contributed by atoms with E-state index in [2.05, 4.69) is 15.4 Å². The highest BCUT2D eigenvalue weighted by molar-refractivity contribution is 5.99. The quantitative estimate of drug-likeness (QED) is 0.649. The molecule has 1 atom stereocenters. The number of nitrogens with one attached hydrogen (secondary N) is 1. The van der Waals surface area contributed by atoms with Crippen molar-refractivity contribution >= 4 is 5.91 Å². The summed E-state index contributed by atoms with van der Waals surface area (Å²) >= 11 is 0. The lowest BCUT2D eigenvalue weighted by molar-refractivity contribution is -0.137. The second-order valence-corrected chi connectivity index (χ2v) is 8.02. The van der Waals surface area contributed by atoms with E-state index in [0.717, 1.165) is 24.2 Å². The van der Waals surface area contributed by atoms with Crippen molar-refractivity contribution in [1.29, 1.82) is 0 Å². The number of amides is 1. The third-order valence-electron chi connectivity index (χ3n) is 5.72. The average molecular weight is 458 g/mol. The Kier molecular flexibility index (Phi) is 5.53. The van der Waals surface area contributed by atoms with E-state index in [0.29, 0.717) is 42.3 Å². The molecule has 1 N–H and O–H groups in total. The number of fused-ring (bicyclic) bond motifs is 2. The first kappa shape index (κ1) is 21.4. The topological polar surface area (TPSA) is 78.3 Å². The Morgan fingerprint density at radius 3 is 2.88 bits per heavy atom. The SMILES string of the molecule is O=C(N[C@H]1COc2ccc(C(F)(F)F)cc2C1)c1nn2c(c1-c1ccccn1)COCCC2. The number of alkyl halides is 3. The molecule has 0 saturated carbocycles. The minimum atomic E-state index is -4.45. The summed E-state index contributed by atoms with van der Waals surface area (Å²) in [6, 6.07) is 8.31. The Hall–Kier alpha value is -3.40. The van der Waals surface area contributed by atoms with Gasteiger partial charge in [-0.3, -0.25) is 14.5 Å². The molecule has 4 heterocycles. The minimum Gasteiger partial charge on any atom is -0.491 e. The van der Waals surface area contributed by atoms with Gasteiger partial charge in [0.25, 0.3) is 5.91 Å². The third-order valence-corrected chi connectivity index (χ3v) is 5.72. The van der Waals surface area contributed by atoms with Crippen molar-refractivity contribution in [3.8, 4) is 17.0 Å². The molecule has 1 aromatic carbocycles. The first-order chi connectivity index (χ1) is 15.9. The van der Waals surface area contributed by atoms with E-state index in [4.69, 9.17) is 9.47 Å². The molecule has 172 valence electrons. The number of halogens is 3.